The summed E-state index contributed by atoms with van der Waals surface area (Å²) < 4.78 is 4.76. The SMILES string of the molecule is CCOC(=O)CCNCC(=O)Nc1cccc(Cl)c1. The molecule has 0 atom stereocenters. The van der Waals surface area contributed by atoms with Crippen molar-refractivity contribution in [3.05, 3.63) is 29.3 Å². The van der Waals surface area contributed by atoms with Crippen molar-refractivity contribution in [2.75, 3.05) is 25.0 Å². The van der Waals surface area contributed by atoms with Crippen LogP contribution in [0.1, 0.15) is 13.3 Å². The van der Waals surface area contributed by atoms with Crippen LogP contribution < -0.4 is 10.6 Å². The van der Waals surface area contributed by atoms with Crippen LogP contribution in [0.2, 0.25) is 5.02 Å². The Balaban J connectivity index is 2.20. The van der Waals surface area contributed by atoms with Crippen LogP contribution in [0.3, 0.4) is 0 Å². The topological polar surface area (TPSA) is 67.4 Å². The normalized spacial score (nSPS) is 10.0. The molecule has 1 amide bonds. The number of ether oxygens (including phenoxy) is 1. The summed E-state index contributed by atoms with van der Waals surface area (Å²) in [6.07, 6.45) is 0.248. The Bertz CT molecular complexity index is 438. The molecule has 0 unspecified atom stereocenters. The number of esters is 1. The first-order valence-electron chi connectivity index (χ1n) is 6.03. The molecule has 0 fully saturated rings. The van der Waals surface area contributed by atoms with E-state index in [-0.39, 0.29) is 24.8 Å². The van der Waals surface area contributed by atoms with Crippen molar-refractivity contribution in [2.45, 2.75) is 13.3 Å². The third-order valence-corrected chi connectivity index (χ3v) is 2.44. The Kier molecular flexibility index (Phi) is 6.92. The first-order valence-corrected chi connectivity index (χ1v) is 6.41. The van der Waals surface area contributed by atoms with Gasteiger partial charge in [0.25, 0.3) is 0 Å². The van der Waals surface area contributed by atoms with Crippen molar-refractivity contribution in [1.82, 2.24) is 5.32 Å². The molecule has 0 radical (unpaired) electrons. The van der Waals surface area contributed by atoms with Crippen LogP contribution in [-0.2, 0) is 14.3 Å². The summed E-state index contributed by atoms with van der Waals surface area (Å²) in [5, 5.41) is 6.12. The fraction of sp³-hybridized carbons (Fsp3) is 0.385. The van der Waals surface area contributed by atoms with Gasteiger partial charge in [-0.15, -0.1) is 0 Å². The van der Waals surface area contributed by atoms with Gasteiger partial charge in [0.15, 0.2) is 0 Å². The van der Waals surface area contributed by atoms with Gasteiger partial charge in [-0.1, -0.05) is 17.7 Å². The van der Waals surface area contributed by atoms with Crippen molar-refractivity contribution < 1.29 is 14.3 Å². The van der Waals surface area contributed by atoms with Gasteiger partial charge >= 0.3 is 5.97 Å². The van der Waals surface area contributed by atoms with Gasteiger partial charge in [0.1, 0.15) is 0 Å². The number of nitrogens with one attached hydrogen (secondary N) is 2. The van der Waals surface area contributed by atoms with Gasteiger partial charge in [-0.3, -0.25) is 9.59 Å². The van der Waals surface area contributed by atoms with E-state index in [1.165, 1.54) is 0 Å². The maximum absolute atomic E-state index is 11.6. The fourth-order valence-electron chi connectivity index (χ4n) is 1.40. The number of carbonyl (C=O) groups excluding carboxylic acids is 2. The van der Waals surface area contributed by atoms with E-state index in [1.54, 1.807) is 31.2 Å². The van der Waals surface area contributed by atoms with E-state index in [9.17, 15) is 9.59 Å². The molecule has 0 saturated carbocycles. The Morgan fingerprint density at radius 3 is 2.84 bits per heavy atom. The molecule has 104 valence electrons. The van der Waals surface area contributed by atoms with Gasteiger partial charge in [0, 0.05) is 17.3 Å². The highest BCUT2D eigenvalue weighted by atomic mass is 35.5. The van der Waals surface area contributed by atoms with E-state index in [4.69, 9.17) is 16.3 Å². The average Bonchev–Trinajstić information content (AvgIpc) is 2.35. The zero-order valence-corrected chi connectivity index (χ0v) is 11.5. The zero-order chi connectivity index (χ0) is 14.1. The first-order chi connectivity index (χ1) is 9.11. The van der Waals surface area contributed by atoms with E-state index in [0.717, 1.165) is 0 Å². The van der Waals surface area contributed by atoms with Crippen LogP contribution in [0.5, 0.6) is 0 Å². The minimum absolute atomic E-state index is 0.131. The second-order valence-corrected chi connectivity index (χ2v) is 4.23. The minimum Gasteiger partial charge on any atom is -0.466 e. The lowest BCUT2D eigenvalue weighted by molar-refractivity contribution is -0.143. The molecule has 0 aliphatic carbocycles. The molecule has 1 rings (SSSR count). The molecule has 0 heterocycles. The Morgan fingerprint density at radius 1 is 1.37 bits per heavy atom. The molecule has 0 bridgehead atoms. The van der Waals surface area contributed by atoms with Crippen LogP contribution in [0, 0.1) is 0 Å². The summed E-state index contributed by atoms with van der Waals surface area (Å²) in [6.45, 7) is 2.66. The van der Waals surface area contributed by atoms with Gasteiger partial charge in [0.2, 0.25) is 5.91 Å². The number of amides is 1. The molecule has 5 nitrogen and oxygen atoms in total. The number of halogens is 1. The molecule has 19 heavy (non-hydrogen) atoms. The van der Waals surface area contributed by atoms with Gasteiger partial charge < -0.3 is 15.4 Å². The van der Waals surface area contributed by atoms with Crippen molar-refractivity contribution in [3.8, 4) is 0 Å². The highest BCUT2D eigenvalue weighted by molar-refractivity contribution is 6.30. The second-order valence-electron chi connectivity index (χ2n) is 3.79. The molecular weight excluding hydrogens is 268 g/mol. The van der Waals surface area contributed by atoms with Crippen LogP contribution in [0.15, 0.2) is 24.3 Å². The first kappa shape index (κ1) is 15.5. The maximum Gasteiger partial charge on any atom is 0.307 e. The van der Waals surface area contributed by atoms with Crippen molar-refractivity contribution >= 4 is 29.2 Å². The predicted octanol–water partition coefficient (Wildman–Crippen LogP) is 1.82. The summed E-state index contributed by atoms with van der Waals surface area (Å²) in [5.74, 6) is -0.462. The van der Waals surface area contributed by atoms with Crippen LogP contribution in [-0.4, -0.2) is 31.6 Å². The highest BCUT2D eigenvalue weighted by Gasteiger charge is 2.04. The number of hydrogen-bond acceptors (Lipinski definition) is 4. The Labute approximate surface area is 117 Å². The molecular formula is C13H17ClN2O3. The molecule has 1 aromatic carbocycles. The summed E-state index contributed by atoms with van der Waals surface area (Å²) >= 11 is 5.80. The van der Waals surface area contributed by atoms with Gasteiger partial charge in [-0.2, -0.15) is 0 Å². The van der Waals surface area contributed by atoms with Crippen LogP contribution in [0.4, 0.5) is 5.69 Å². The molecule has 0 saturated heterocycles. The summed E-state index contributed by atoms with van der Waals surface area (Å²) in [5.41, 5.74) is 0.643. The largest absolute Gasteiger partial charge is 0.466 e. The number of benzene rings is 1. The van der Waals surface area contributed by atoms with Crippen molar-refractivity contribution in [2.24, 2.45) is 0 Å². The lowest BCUT2D eigenvalue weighted by Crippen LogP contribution is -2.29. The lowest BCUT2D eigenvalue weighted by atomic mass is 10.3. The van der Waals surface area contributed by atoms with E-state index >= 15 is 0 Å². The highest BCUT2D eigenvalue weighted by Crippen LogP contribution is 2.14. The third-order valence-electron chi connectivity index (χ3n) is 2.21. The molecule has 0 aliphatic heterocycles. The summed E-state index contributed by atoms with van der Waals surface area (Å²) in [6, 6.07) is 6.90. The molecule has 0 aromatic heterocycles. The monoisotopic (exact) mass is 284 g/mol. The van der Waals surface area contributed by atoms with E-state index < -0.39 is 0 Å². The maximum atomic E-state index is 11.6. The zero-order valence-electron chi connectivity index (χ0n) is 10.7. The number of hydrogen-bond donors (Lipinski definition) is 2. The van der Waals surface area contributed by atoms with Crippen molar-refractivity contribution in [1.29, 1.82) is 0 Å². The Morgan fingerprint density at radius 2 is 2.16 bits per heavy atom. The van der Waals surface area contributed by atoms with Crippen molar-refractivity contribution in [3.63, 3.8) is 0 Å². The van der Waals surface area contributed by atoms with Gasteiger partial charge in [-0.25, -0.2) is 0 Å². The van der Waals surface area contributed by atoms with E-state index in [2.05, 4.69) is 10.6 Å². The summed E-state index contributed by atoms with van der Waals surface area (Å²) in [7, 11) is 0. The quantitative estimate of drug-likeness (QED) is 0.592. The van der Waals surface area contributed by atoms with E-state index in [1.807, 2.05) is 0 Å². The number of rotatable bonds is 7. The van der Waals surface area contributed by atoms with Gasteiger partial charge in [0.05, 0.1) is 19.6 Å². The third kappa shape index (κ3) is 6.79. The molecule has 0 aliphatic rings. The second kappa shape index (κ2) is 8.50. The lowest BCUT2D eigenvalue weighted by Gasteiger charge is -2.07. The molecule has 6 heteroatoms. The standard InChI is InChI=1S/C13H17ClN2O3/c1-2-19-13(18)6-7-15-9-12(17)16-11-5-3-4-10(14)8-11/h3-5,8,15H,2,6-7,9H2,1H3,(H,16,17). The van der Waals surface area contributed by atoms with E-state index in [0.29, 0.717) is 23.9 Å². The van der Waals surface area contributed by atoms with Gasteiger partial charge in [-0.05, 0) is 25.1 Å². The smallest absolute Gasteiger partial charge is 0.307 e. The molecule has 2 N–H and O–H groups in total. The number of anilines is 1. The minimum atomic E-state index is -0.273. The number of carbonyl (C=O) groups is 2. The molecule has 1 aromatic rings. The van der Waals surface area contributed by atoms with Crippen LogP contribution >= 0.6 is 11.6 Å². The fourth-order valence-corrected chi connectivity index (χ4v) is 1.59. The average molecular weight is 285 g/mol. The van der Waals surface area contributed by atoms with Crippen LogP contribution in [0.25, 0.3) is 0 Å². The Hall–Kier alpha value is -1.59. The predicted molar refractivity (Wildman–Crippen MR) is 74.2 cm³/mol. The summed E-state index contributed by atoms with van der Waals surface area (Å²) in [4.78, 5) is 22.6. The molecule has 0 spiro atoms.